The van der Waals surface area contributed by atoms with Crippen LogP contribution in [0.3, 0.4) is 0 Å². The highest BCUT2D eigenvalue weighted by Gasteiger charge is 2.41. The lowest BCUT2D eigenvalue weighted by Crippen LogP contribution is -2.28. The van der Waals surface area contributed by atoms with Gasteiger partial charge in [0.25, 0.3) is 0 Å². The molecule has 9 aliphatic heterocycles. The number of fused-ring (bicyclic) bond motifs is 9. The minimum Gasteiger partial charge on any atom is -0.447 e. The van der Waals surface area contributed by atoms with Crippen LogP contribution in [0.25, 0.3) is 0 Å². The first-order valence-corrected chi connectivity index (χ1v) is 54.7. The van der Waals surface area contributed by atoms with Crippen molar-refractivity contribution in [3.8, 4) is 0 Å². The van der Waals surface area contributed by atoms with Gasteiger partial charge in [0.2, 0.25) is 0 Å². The molecule has 0 aliphatic carbocycles. The highest BCUT2D eigenvalue weighted by molar-refractivity contribution is 6.70. The van der Waals surface area contributed by atoms with Gasteiger partial charge in [-0.1, -0.05) is 347 Å². The van der Waals surface area contributed by atoms with Crippen molar-refractivity contribution >= 4 is 112 Å². The van der Waals surface area contributed by atoms with Crippen LogP contribution in [0.2, 0.25) is 47.3 Å². The summed E-state index contributed by atoms with van der Waals surface area (Å²) in [6.45, 7) is 71.7. The summed E-state index contributed by atoms with van der Waals surface area (Å²) in [5.41, 5.74) is 33.1. The molecule has 0 amide bonds. The summed E-state index contributed by atoms with van der Waals surface area (Å²) >= 11 is 0. The van der Waals surface area contributed by atoms with Gasteiger partial charge in [-0.25, -0.2) is 0 Å². The zero-order chi connectivity index (χ0) is 103. The average molecular weight is 1910 g/mol. The van der Waals surface area contributed by atoms with E-state index < -0.39 is 14.2 Å². The van der Waals surface area contributed by atoms with Crippen molar-refractivity contribution in [1.29, 1.82) is 0 Å². The lowest BCUT2D eigenvalue weighted by Gasteiger charge is -2.28. The molecule has 12 nitrogen and oxygen atoms in total. The normalized spacial score (nSPS) is 16.7. The fraction of sp³-hybridized carbons (Fsp3) is 0.550. The Morgan fingerprint density at radius 2 is 0.766 bits per heavy atom. The third-order valence-electron chi connectivity index (χ3n) is 29.7. The van der Waals surface area contributed by atoms with Gasteiger partial charge in [0.1, 0.15) is 0 Å². The molecule has 141 heavy (non-hydrogen) atoms. The number of aryl methyl sites for hydroxylation is 6. The van der Waals surface area contributed by atoms with Crippen molar-refractivity contribution in [2.45, 2.75) is 384 Å². The summed E-state index contributed by atoms with van der Waals surface area (Å²) in [5, 5.41) is 38.6. The van der Waals surface area contributed by atoms with E-state index in [1.54, 1.807) is 6.82 Å². The molecule has 9 aromatic rings. The Labute approximate surface area is 859 Å². The van der Waals surface area contributed by atoms with Crippen LogP contribution in [0.5, 0.6) is 0 Å². The van der Waals surface area contributed by atoms with E-state index in [-0.39, 0.29) is 63.4 Å². The van der Waals surface area contributed by atoms with Gasteiger partial charge in [-0.05, 0) is 336 Å². The summed E-state index contributed by atoms with van der Waals surface area (Å²) in [7, 11) is -1.45. The van der Waals surface area contributed by atoms with Crippen LogP contribution in [0.15, 0.2) is 176 Å². The van der Waals surface area contributed by atoms with Crippen LogP contribution in [-0.2, 0) is 121 Å². The third kappa shape index (κ3) is 34.3. The Hall–Kier alpha value is -6.92. The fourth-order valence-electron chi connectivity index (χ4n) is 20.9. The molecule has 18 rings (SSSR count). The topological polar surface area (TPSA) is 149 Å². The maximum Gasteiger partial charge on any atom is 0.491 e. The zero-order valence-corrected chi connectivity index (χ0v) is 92.9. The third-order valence-corrected chi connectivity index (χ3v) is 29.7. The molecule has 9 aliphatic rings. The molecule has 0 radical (unpaired) electrons. The van der Waals surface area contributed by atoms with E-state index in [0.29, 0.717) is 31.7 Å². The second kappa shape index (κ2) is 54.1. The Morgan fingerprint density at radius 3 is 1.25 bits per heavy atom. The van der Waals surface area contributed by atoms with Gasteiger partial charge in [-0.2, -0.15) is 0 Å². The molecule has 0 fully saturated rings. The van der Waals surface area contributed by atoms with E-state index in [9.17, 15) is 20.1 Å². The number of nitrogens with zero attached hydrogens (tertiary/aromatic N) is 1. The molecule has 0 bridgehead atoms. The van der Waals surface area contributed by atoms with Crippen LogP contribution in [0.4, 0.5) is 0 Å². The van der Waals surface area contributed by atoms with E-state index in [1.165, 1.54) is 175 Å². The maximum absolute atomic E-state index is 9.87. The van der Waals surface area contributed by atoms with Gasteiger partial charge in [0.15, 0.2) is 0 Å². The maximum atomic E-state index is 9.87. The minimum atomic E-state index is -0.724. The highest BCUT2D eigenvalue weighted by Crippen LogP contribution is 2.37. The summed E-state index contributed by atoms with van der Waals surface area (Å²) in [4.78, 5) is 2.48. The summed E-state index contributed by atoms with van der Waals surface area (Å²) in [5.74, 6) is 5.95. The molecule has 0 unspecified atom stereocenters. The van der Waals surface area contributed by atoms with Crippen molar-refractivity contribution in [2.24, 2.45) is 47.3 Å². The second-order valence-electron chi connectivity index (χ2n) is 47.3. The van der Waals surface area contributed by atoms with Gasteiger partial charge in [-0.15, -0.1) is 0 Å². The van der Waals surface area contributed by atoms with E-state index in [2.05, 4.69) is 333 Å². The smallest absolute Gasteiger partial charge is 0.447 e. The predicted octanol–water partition coefficient (Wildman–Crippen LogP) is 22.4. The van der Waals surface area contributed by atoms with E-state index >= 15 is 0 Å². The first kappa shape index (κ1) is 116. The second-order valence-corrected chi connectivity index (χ2v) is 47.3. The minimum absolute atomic E-state index is 0.0820. The largest absolute Gasteiger partial charge is 0.491 e. The summed E-state index contributed by atoms with van der Waals surface area (Å²) in [6.07, 6.45) is 19.8. The molecule has 21 heteroatoms. The van der Waals surface area contributed by atoms with Crippen LogP contribution in [0.1, 0.15) is 332 Å². The molecule has 0 saturated heterocycles. The first-order chi connectivity index (χ1) is 66.6. The number of benzene rings is 9. The molecule has 756 valence electrons. The fourth-order valence-corrected chi connectivity index (χ4v) is 20.9. The number of hydrogen-bond donors (Lipinski definition) is 4. The van der Waals surface area contributed by atoms with Crippen LogP contribution in [0, 0.1) is 47.3 Å². The quantitative estimate of drug-likeness (QED) is 0.0382. The van der Waals surface area contributed by atoms with Gasteiger partial charge in [0.05, 0.1) is 43.2 Å². The SMILES string of the molecule is CB(O)c1ccc(CCC(C)C)cc1.CB1OC(C)(C)c2cc(CCC(C)C)ccc21.CB1OC(C)(C)c2ccc(CCC(C)C)cc21.CB1OCc2cc(CCC(C)C)ccc21.CB1OCc2ccc(C(C)(C)CC(C)C)cc21.CB1OCc2ccc(CCC(C)C)cc21.CC(C)CC[C@@H]1OB(O)c2ccccc21.CC(C)CC[C@H]1OB(O)c2ccccc21.CC(C)N1Cc2cc3c(cc2C1)B(O)CC3. The van der Waals surface area contributed by atoms with Crippen molar-refractivity contribution in [2.75, 3.05) is 0 Å². The van der Waals surface area contributed by atoms with Crippen LogP contribution >= 0.6 is 0 Å². The van der Waals surface area contributed by atoms with E-state index in [1.807, 2.05) is 48.5 Å². The van der Waals surface area contributed by atoms with Gasteiger partial charge >= 0.3 is 62.6 Å². The first-order valence-electron chi connectivity index (χ1n) is 54.7. The van der Waals surface area contributed by atoms with Crippen molar-refractivity contribution < 1.29 is 52.7 Å². The number of rotatable bonds is 26. The Balaban J connectivity index is 0.000000163. The lowest BCUT2D eigenvalue weighted by atomic mass is 9.63. The van der Waals surface area contributed by atoms with Gasteiger partial charge < -0.3 is 52.7 Å². The molecule has 0 saturated carbocycles. The molecular formula is C120H178B9NO11. The Morgan fingerprint density at radius 1 is 0.369 bits per heavy atom. The van der Waals surface area contributed by atoms with Crippen LogP contribution < -0.4 is 49.2 Å². The van der Waals surface area contributed by atoms with E-state index in [4.69, 9.17) is 32.6 Å². The number of hydrogen-bond acceptors (Lipinski definition) is 12. The molecule has 0 aromatic heterocycles. The molecule has 2 atom stereocenters. The van der Waals surface area contributed by atoms with Crippen molar-refractivity contribution in [3.05, 3.63) is 265 Å². The summed E-state index contributed by atoms with van der Waals surface area (Å²) < 4.78 is 40.0. The monoisotopic (exact) mass is 1910 g/mol. The molecular weight excluding hydrogens is 1730 g/mol. The Kier molecular flexibility index (Phi) is 44.5. The zero-order valence-electron chi connectivity index (χ0n) is 92.9. The Bertz CT molecular complexity index is 5300. The van der Waals surface area contributed by atoms with E-state index in [0.717, 1.165) is 141 Å². The van der Waals surface area contributed by atoms with Crippen LogP contribution in [-0.4, -0.2) is 93.7 Å². The average Bonchev–Trinajstić information content (AvgIpc) is 1.63. The standard InChI is InChI=1S/3C15H23BO.C13H18BNO.2C13H19BO.2C12H17BO2.C12H19BO/c1-11(2)9-15(3,4)13-7-6-12-10-17-16(5)14(12)8-13;1-11(2)6-7-12-8-9-14-13(10-12)15(3,4)17-16(14)5;1-11(2)6-7-12-8-9-13-14(10-12)16(5)17-15(13,3)4;1-9(2)15-7-11-5-10-3-4-14(16)13(10)6-12(11)8-15;1-10(2)4-5-11-6-7-13-12(8-11)9-15-14(13)3;1-10(2)4-5-11-6-7-12-9-15-14(3)13(12)8-11;2*1-9(2)7-8-12-10-5-3-4-6-11(10)13(14)15-12;1-10(2)4-5-11-6-8-12(9-7-11)13(3)14/h6-8,11H,9-10H2,1-5H3;2*8-11H,6-7H2,1-5H3;5-6,9,16H,3-4,7-8H2,1-2H3;2*6-8,10H,4-5,9H2,1-3H3;2*3-6,9,12,14H,7-8H2,1-2H3;6-10,14H,4-5H2,1-3H3/t;;;;;;2*12-;/m......10./s1. The molecule has 4 N–H and O–H groups in total. The molecule has 0 spiro atoms. The van der Waals surface area contributed by atoms with Gasteiger partial charge in [-0.3, -0.25) is 4.90 Å². The molecule has 9 heterocycles. The highest BCUT2D eigenvalue weighted by atomic mass is 16.5. The summed E-state index contributed by atoms with van der Waals surface area (Å²) in [6, 6.07) is 63.5. The van der Waals surface area contributed by atoms with Crippen molar-refractivity contribution in [1.82, 2.24) is 4.90 Å². The molecule has 9 aromatic carbocycles. The lowest BCUT2D eigenvalue weighted by molar-refractivity contribution is 0.124. The predicted molar refractivity (Wildman–Crippen MR) is 610 cm³/mol. The van der Waals surface area contributed by atoms with Crippen molar-refractivity contribution in [3.63, 3.8) is 0 Å². The van der Waals surface area contributed by atoms with Gasteiger partial charge in [0, 0.05) is 19.1 Å².